The van der Waals surface area contributed by atoms with Crippen LogP contribution in [0.25, 0.3) is 0 Å². The lowest BCUT2D eigenvalue weighted by Gasteiger charge is -2.26. The fraction of sp³-hybridized carbons (Fsp3) is 0.875. The van der Waals surface area contributed by atoms with E-state index >= 15 is 0 Å². The molecule has 0 heterocycles. The molecule has 0 aromatic rings. The Kier molecular flexibility index (Phi) is 6.00. The number of methoxy groups -OCH3 is 1. The first kappa shape index (κ1) is 17.9. The van der Waals surface area contributed by atoms with Crippen molar-refractivity contribution in [1.82, 2.24) is 0 Å². The minimum Gasteiger partial charge on any atom is -0.461 e. The third-order valence-electron chi connectivity index (χ3n) is 1.61. The fourth-order valence-corrected chi connectivity index (χ4v) is 0.836. The predicted molar refractivity (Wildman–Crippen MR) is 44.5 cm³/mol. The van der Waals surface area contributed by atoms with Gasteiger partial charge in [-0.3, -0.25) is 0 Å². The van der Waals surface area contributed by atoms with Gasteiger partial charge in [0.1, 0.15) is 0 Å². The standard InChI is InChI=1S/C8H9F7O4/c1-17-3-2-4-18-5(16)6(9,7(10,11)12)19-8(13,14)15/h2-4H2,1H3. The topological polar surface area (TPSA) is 44.8 Å². The van der Waals surface area contributed by atoms with Gasteiger partial charge in [-0.2, -0.15) is 17.6 Å². The maximum absolute atomic E-state index is 13.1. The summed E-state index contributed by atoms with van der Waals surface area (Å²) in [5, 5.41) is 0. The third kappa shape index (κ3) is 5.59. The highest BCUT2D eigenvalue weighted by Gasteiger charge is 2.69. The minimum atomic E-state index is -6.24. The van der Waals surface area contributed by atoms with E-state index in [4.69, 9.17) is 0 Å². The zero-order valence-corrected chi connectivity index (χ0v) is 9.40. The molecule has 0 N–H and O–H groups in total. The number of rotatable bonds is 6. The molecule has 1 atom stereocenters. The van der Waals surface area contributed by atoms with E-state index in [-0.39, 0.29) is 13.0 Å². The van der Waals surface area contributed by atoms with Crippen molar-refractivity contribution in [3.8, 4) is 0 Å². The predicted octanol–water partition coefficient (Wildman–Crippen LogP) is 2.33. The lowest BCUT2D eigenvalue weighted by molar-refractivity contribution is -0.436. The summed E-state index contributed by atoms with van der Waals surface area (Å²) in [7, 11) is 1.23. The van der Waals surface area contributed by atoms with Gasteiger partial charge in [0.05, 0.1) is 6.61 Å². The van der Waals surface area contributed by atoms with Crippen LogP contribution in [0.4, 0.5) is 30.7 Å². The second-order valence-corrected chi connectivity index (χ2v) is 3.12. The Morgan fingerprint density at radius 3 is 1.89 bits per heavy atom. The summed E-state index contributed by atoms with van der Waals surface area (Å²) >= 11 is 0. The van der Waals surface area contributed by atoms with E-state index in [2.05, 4.69) is 14.2 Å². The lowest BCUT2D eigenvalue weighted by atomic mass is 10.3. The molecule has 0 aliphatic carbocycles. The van der Waals surface area contributed by atoms with Gasteiger partial charge >= 0.3 is 24.4 Å². The Hall–Kier alpha value is -1.10. The summed E-state index contributed by atoms with van der Waals surface area (Å²) in [6, 6.07) is 0. The fourth-order valence-electron chi connectivity index (χ4n) is 0.836. The molecule has 0 aromatic carbocycles. The van der Waals surface area contributed by atoms with Crippen molar-refractivity contribution >= 4 is 5.97 Å². The van der Waals surface area contributed by atoms with Crippen molar-refractivity contribution in [2.75, 3.05) is 20.3 Å². The van der Waals surface area contributed by atoms with Crippen LogP contribution in [0.2, 0.25) is 0 Å². The summed E-state index contributed by atoms with van der Waals surface area (Å²) in [6.07, 6.45) is -12.4. The van der Waals surface area contributed by atoms with Gasteiger partial charge < -0.3 is 9.47 Å². The van der Waals surface area contributed by atoms with Crippen LogP contribution < -0.4 is 0 Å². The summed E-state index contributed by atoms with van der Waals surface area (Å²) in [5.74, 6) is -8.42. The van der Waals surface area contributed by atoms with E-state index in [1.54, 1.807) is 0 Å². The first-order valence-electron chi connectivity index (χ1n) is 4.62. The van der Waals surface area contributed by atoms with Gasteiger partial charge in [0.2, 0.25) is 0 Å². The normalized spacial score (nSPS) is 16.0. The van der Waals surface area contributed by atoms with Crippen molar-refractivity contribution in [3.05, 3.63) is 0 Å². The van der Waals surface area contributed by atoms with Crippen molar-refractivity contribution in [2.24, 2.45) is 0 Å². The molecule has 0 spiro atoms. The number of hydrogen-bond donors (Lipinski definition) is 0. The van der Waals surface area contributed by atoms with Crippen LogP contribution in [0.15, 0.2) is 0 Å². The monoisotopic (exact) mass is 302 g/mol. The zero-order valence-electron chi connectivity index (χ0n) is 9.40. The van der Waals surface area contributed by atoms with Crippen molar-refractivity contribution in [2.45, 2.75) is 24.8 Å². The molecule has 19 heavy (non-hydrogen) atoms. The smallest absolute Gasteiger partial charge is 0.461 e. The van der Waals surface area contributed by atoms with Crippen LogP contribution in [0.5, 0.6) is 0 Å². The Balaban J connectivity index is 4.81. The van der Waals surface area contributed by atoms with Crippen molar-refractivity contribution < 1.29 is 49.7 Å². The Bertz CT molecular complexity index is 300. The Morgan fingerprint density at radius 2 is 1.53 bits per heavy atom. The molecule has 0 rings (SSSR count). The molecule has 0 fully saturated rings. The van der Waals surface area contributed by atoms with Crippen molar-refractivity contribution in [3.63, 3.8) is 0 Å². The number of hydrogen-bond acceptors (Lipinski definition) is 4. The highest BCUT2D eigenvalue weighted by atomic mass is 19.4. The van der Waals surface area contributed by atoms with E-state index < -0.39 is 31.0 Å². The van der Waals surface area contributed by atoms with Gasteiger partial charge in [0.15, 0.2) is 0 Å². The number of carbonyl (C=O) groups is 1. The summed E-state index contributed by atoms with van der Waals surface area (Å²) in [6.45, 7) is -0.797. The number of esters is 1. The zero-order chi connectivity index (χ0) is 15.3. The van der Waals surface area contributed by atoms with E-state index in [1.807, 2.05) is 0 Å². The first-order chi connectivity index (χ1) is 8.44. The molecule has 0 aromatic heterocycles. The molecule has 0 saturated heterocycles. The largest absolute Gasteiger partial charge is 0.525 e. The van der Waals surface area contributed by atoms with Crippen LogP contribution in [0, 0.1) is 0 Å². The van der Waals surface area contributed by atoms with Crippen LogP contribution >= 0.6 is 0 Å². The minimum absolute atomic E-state index is 0.0429. The molecule has 4 nitrogen and oxygen atoms in total. The summed E-state index contributed by atoms with van der Waals surface area (Å²) in [4.78, 5) is 10.8. The number of halogens is 7. The molecule has 0 bridgehead atoms. The third-order valence-corrected chi connectivity index (χ3v) is 1.61. The van der Waals surface area contributed by atoms with Gasteiger partial charge in [-0.15, -0.1) is 13.2 Å². The highest BCUT2D eigenvalue weighted by molar-refractivity contribution is 5.78. The molecule has 0 saturated carbocycles. The van der Waals surface area contributed by atoms with Crippen molar-refractivity contribution in [1.29, 1.82) is 0 Å². The first-order valence-corrected chi connectivity index (χ1v) is 4.62. The Morgan fingerprint density at radius 1 is 1.00 bits per heavy atom. The molecule has 0 aliphatic rings. The molecule has 0 radical (unpaired) electrons. The summed E-state index contributed by atoms with van der Waals surface area (Å²) in [5.41, 5.74) is 0. The SMILES string of the molecule is COCCCOC(=O)C(F)(OC(F)(F)F)C(F)(F)F. The molecule has 1 unspecified atom stereocenters. The average molecular weight is 302 g/mol. The maximum Gasteiger partial charge on any atom is 0.525 e. The molecule has 11 heteroatoms. The van der Waals surface area contributed by atoms with Crippen LogP contribution in [-0.4, -0.2) is 44.7 Å². The molecule has 0 aliphatic heterocycles. The molecule has 114 valence electrons. The average Bonchev–Trinajstić information content (AvgIpc) is 2.20. The quantitative estimate of drug-likeness (QED) is 0.429. The molecular formula is C8H9F7O4. The maximum atomic E-state index is 13.1. The van der Waals surface area contributed by atoms with Gasteiger partial charge in [0, 0.05) is 20.1 Å². The van der Waals surface area contributed by atoms with Crippen LogP contribution in [-0.2, 0) is 19.0 Å². The lowest BCUT2D eigenvalue weighted by Crippen LogP contribution is -2.54. The molecule has 0 amide bonds. The number of alkyl halides is 7. The molecular weight excluding hydrogens is 293 g/mol. The van der Waals surface area contributed by atoms with E-state index in [0.29, 0.717) is 0 Å². The highest BCUT2D eigenvalue weighted by Crippen LogP contribution is 2.40. The van der Waals surface area contributed by atoms with E-state index in [1.165, 1.54) is 7.11 Å². The van der Waals surface area contributed by atoms with Crippen LogP contribution in [0.1, 0.15) is 6.42 Å². The van der Waals surface area contributed by atoms with Gasteiger partial charge in [-0.25, -0.2) is 9.53 Å². The number of ether oxygens (including phenoxy) is 3. The number of carbonyl (C=O) groups excluding carboxylic acids is 1. The van der Waals surface area contributed by atoms with Gasteiger partial charge in [0.25, 0.3) is 0 Å². The van der Waals surface area contributed by atoms with E-state index in [0.717, 1.165) is 0 Å². The Labute approximate surface area is 102 Å². The second-order valence-electron chi connectivity index (χ2n) is 3.12. The van der Waals surface area contributed by atoms with E-state index in [9.17, 15) is 35.5 Å². The second kappa shape index (κ2) is 6.37. The van der Waals surface area contributed by atoms with Gasteiger partial charge in [-0.05, 0) is 0 Å². The summed E-state index contributed by atoms with van der Waals surface area (Å²) < 4.78 is 95.0. The van der Waals surface area contributed by atoms with Crippen LogP contribution in [0.3, 0.4) is 0 Å². The van der Waals surface area contributed by atoms with Gasteiger partial charge in [-0.1, -0.05) is 0 Å².